The topological polar surface area (TPSA) is 91.2 Å². The standard InChI is InChI=1S/C21H23N5O3S/c1-28-17-6-4-16(5-7-17)23-19(27)14-30-21-25-24-20(15-8-10-22-11-9-15)26(21)13-18-3-2-12-29-18/h4-11,18H,2-3,12-14H2,1H3,(H,23,27). The minimum atomic E-state index is -0.109. The zero-order valence-electron chi connectivity index (χ0n) is 16.7. The molecule has 1 fully saturated rings. The maximum atomic E-state index is 12.4. The van der Waals surface area contributed by atoms with Crippen molar-refractivity contribution in [3.8, 4) is 17.1 Å². The lowest BCUT2D eigenvalue weighted by Crippen LogP contribution is -2.18. The van der Waals surface area contributed by atoms with Gasteiger partial charge in [-0.2, -0.15) is 0 Å². The number of benzene rings is 1. The third-order valence-electron chi connectivity index (χ3n) is 4.77. The summed E-state index contributed by atoms with van der Waals surface area (Å²) in [7, 11) is 1.61. The first-order valence-electron chi connectivity index (χ1n) is 9.75. The summed E-state index contributed by atoms with van der Waals surface area (Å²) < 4.78 is 13.0. The monoisotopic (exact) mass is 425 g/mol. The molecule has 2 aromatic heterocycles. The zero-order chi connectivity index (χ0) is 20.8. The van der Waals surface area contributed by atoms with Gasteiger partial charge in [0.1, 0.15) is 5.75 Å². The number of nitrogens with zero attached hydrogens (tertiary/aromatic N) is 4. The van der Waals surface area contributed by atoms with E-state index in [9.17, 15) is 4.79 Å². The van der Waals surface area contributed by atoms with Gasteiger partial charge in [0.2, 0.25) is 5.91 Å². The van der Waals surface area contributed by atoms with Crippen LogP contribution in [0, 0.1) is 0 Å². The molecule has 1 amide bonds. The Bertz CT molecular complexity index is 972. The van der Waals surface area contributed by atoms with Gasteiger partial charge in [0, 0.05) is 30.3 Å². The van der Waals surface area contributed by atoms with Crippen molar-refractivity contribution in [1.29, 1.82) is 0 Å². The maximum Gasteiger partial charge on any atom is 0.234 e. The third-order valence-corrected chi connectivity index (χ3v) is 5.74. The molecule has 1 N–H and O–H groups in total. The molecule has 156 valence electrons. The van der Waals surface area contributed by atoms with Crippen molar-refractivity contribution in [2.75, 3.05) is 24.8 Å². The molecule has 1 aliphatic heterocycles. The number of aromatic nitrogens is 4. The van der Waals surface area contributed by atoms with Gasteiger partial charge >= 0.3 is 0 Å². The van der Waals surface area contributed by atoms with Gasteiger partial charge in [-0.25, -0.2) is 0 Å². The summed E-state index contributed by atoms with van der Waals surface area (Å²) in [6, 6.07) is 11.0. The number of nitrogens with one attached hydrogen (secondary N) is 1. The molecular weight excluding hydrogens is 402 g/mol. The quantitative estimate of drug-likeness (QED) is 0.554. The number of carbonyl (C=O) groups is 1. The summed E-state index contributed by atoms with van der Waals surface area (Å²) in [4.78, 5) is 16.5. The van der Waals surface area contributed by atoms with E-state index in [2.05, 4.69) is 20.5 Å². The first-order valence-corrected chi connectivity index (χ1v) is 10.7. The largest absolute Gasteiger partial charge is 0.497 e. The molecule has 3 aromatic rings. The predicted octanol–water partition coefficient (Wildman–Crippen LogP) is 3.26. The van der Waals surface area contributed by atoms with E-state index in [-0.39, 0.29) is 17.8 Å². The second kappa shape index (κ2) is 9.73. The number of ether oxygens (including phenoxy) is 2. The van der Waals surface area contributed by atoms with Crippen molar-refractivity contribution >= 4 is 23.4 Å². The Kier molecular flexibility index (Phi) is 6.60. The molecular formula is C21H23N5O3S. The SMILES string of the molecule is COc1ccc(NC(=O)CSc2nnc(-c3ccncc3)n2CC2CCCO2)cc1. The Labute approximate surface area is 179 Å². The average molecular weight is 426 g/mol. The summed E-state index contributed by atoms with van der Waals surface area (Å²) in [6.07, 6.45) is 5.67. The van der Waals surface area contributed by atoms with E-state index >= 15 is 0 Å². The zero-order valence-corrected chi connectivity index (χ0v) is 17.5. The molecule has 1 atom stereocenters. The second-order valence-corrected chi connectivity index (χ2v) is 7.80. The Balaban J connectivity index is 1.45. The van der Waals surface area contributed by atoms with Crippen LogP contribution in [-0.4, -0.2) is 51.2 Å². The van der Waals surface area contributed by atoms with Crippen LogP contribution in [0.5, 0.6) is 5.75 Å². The van der Waals surface area contributed by atoms with E-state index < -0.39 is 0 Å². The molecule has 30 heavy (non-hydrogen) atoms. The molecule has 0 aliphatic carbocycles. The highest BCUT2D eigenvalue weighted by Gasteiger charge is 2.22. The molecule has 4 rings (SSSR count). The Morgan fingerprint density at radius 1 is 1.23 bits per heavy atom. The van der Waals surface area contributed by atoms with Gasteiger partial charge in [0.25, 0.3) is 0 Å². The molecule has 0 spiro atoms. The van der Waals surface area contributed by atoms with Gasteiger partial charge in [-0.15, -0.1) is 10.2 Å². The summed E-state index contributed by atoms with van der Waals surface area (Å²) in [5.41, 5.74) is 1.66. The summed E-state index contributed by atoms with van der Waals surface area (Å²) in [5, 5.41) is 12.3. The molecule has 1 aliphatic rings. The normalized spacial score (nSPS) is 15.8. The van der Waals surface area contributed by atoms with Crippen LogP contribution in [0.4, 0.5) is 5.69 Å². The van der Waals surface area contributed by atoms with Crippen molar-refractivity contribution in [1.82, 2.24) is 19.7 Å². The van der Waals surface area contributed by atoms with Gasteiger partial charge in [0.05, 0.1) is 25.5 Å². The molecule has 1 aromatic carbocycles. The smallest absolute Gasteiger partial charge is 0.234 e. The van der Waals surface area contributed by atoms with Crippen LogP contribution in [0.2, 0.25) is 0 Å². The lowest BCUT2D eigenvalue weighted by atomic mass is 10.2. The van der Waals surface area contributed by atoms with Gasteiger partial charge < -0.3 is 14.8 Å². The van der Waals surface area contributed by atoms with Gasteiger partial charge in [-0.3, -0.25) is 14.3 Å². The van der Waals surface area contributed by atoms with Crippen LogP contribution in [0.25, 0.3) is 11.4 Å². The number of methoxy groups -OCH3 is 1. The molecule has 0 bridgehead atoms. The number of amides is 1. The lowest BCUT2D eigenvalue weighted by Gasteiger charge is -2.14. The first kappa shape index (κ1) is 20.4. The first-order chi connectivity index (χ1) is 14.7. The van der Waals surface area contributed by atoms with Crippen LogP contribution in [0.15, 0.2) is 53.9 Å². The number of thioether (sulfide) groups is 1. The average Bonchev–Trinajstić information content (AvgIpc) is 3.44. The fourth-order valence-corrected chi connectivity index (χ4v) is 4.02. The Morgan fingerprint density at radius 2 is 2.03 bits per heavy atom. The highest BCUT2D eigenvalue weighted by atomic mass is 32.2. The van der Waals surface area contributed by atoms with Crippen LogP contribution >= 0.6 is 11.8 Å². The number of rotatable bonds is 8. The van der Waals surface area contributed by atoms with E-state index in [0.29, 0.717) is 11.7 Å². The summed E-state index contributed by atoms with van der Waals surface area (Å²) >= 11 is 1.36. The van der Waals surface area contributed by atoms with Crippen molar-refractivity contribution in [3.63, 3.8) is 0 Å². The van der Waals surface area contributed by atoms with E-state index in [1.807, 2.05) is 41.0 Å². The van der Waals surface area contributed by atoms with E-state index in [1.54, 1.807) is 19.5 Å². The third kappa shape index (κ3) is 4.98. The molecule has 8 nitrogen and oxygen atoms in total. The van der Waals surface area contributed by atoms with Crippen molar-refractivity contribution in [3.05, 3.63) is 48.8 Å². The van der Waals surface area contributed by atoms with E-state index in [4.69, 9.17) is 9.47 Å². The highest BCUT2D eigenvalue weighted by molar-refractivity contribution is 7.99. The number of anilines is 1. The molecule has 9 heteroatoms. The minimum Gasteiger partial charge on any atom is -0.497 e. The number of carbonyl (C=O) groups excluding carboxylic acids is 1. The van der Waals surface area contributed by atoms with Crippen molar-refractivity contribution < 1.29 is 14.3 Å². The Hall–Kier alpha value is -2.91. The molecule has 1 unspecified atom stereocenters. The fourth-order valence-electron chi connectivity index (χ4n) is 3.27. The van der Waals surface area contributed by atoms with Crippen LogP contribution < -0.4 is 10.1 Å². The van der Waals surface area contributed by atoms with Gasteiger partial charge in [-0.05, 0) is 49.2 Å². The number of hydrogen-bond donors (Lipinski definition) is 1. The van der Waals surface area contributed by atoms with E-state index in [1.165, 1.54) is 11.8 Å². The fraction of sp³-hybridized carbons (Fsp3) is 0.333. The van der Waals surface area contributed by atoms with Gasteiger partial charge in [-0.1, -0.05) is 11.8 Å². The van der Waals surface area contributed by atoms with Crippen LogP contribution in [0.1, 0.15) is 12.8 Å². The highest BCUT2D eigenvalue weighted by Crippen LogP contribution is 2.26. The predicted molar refractivity (Wildman–Crippen MR) is 115 cm³/mol. The molecule has 3 heterocycles. The number of hydrogen-bond acceptors (Lipinski definition) is 7. The second-order valence-electron chi connectivity index (χ2n) is 6.85. The Morgan fingerprint density at radius 3 is 2.73 bits per heavy atom. The van der Waals surface area contributed by atoms with Crippen LogP contribution in [0.3, 0.4) is 0 Å². The van der Waals surface area contributed by atoms with Crippen LogP contribution in [-0.2, 0) is 16.1 Å². The van der Waals surface area contributed by atoms with Crippen molar-refractivity contribution in [2.24, 2.45) is 0 Å². The van der Waals surface area contributed by atoms with Gasteiger partial charge in [0.15, 0.2) is 11.0 Å². The summed E-state index contributed by atoms with van der Waals surface area (Å²) in [6.45, 7) is 1.44. The van der Waals surface area contributed by atoms with Crippen molar-refractivity contribution in [2.45, 2.75) is 30.6 Å². The number of pyridine rings is 1. The molecule has 1 saturated heterocycles. The minimum absolute atomic E-state index is 0.109. The summed E-state index contributed by atoms with van der Waals surface area (Å²) in [5.74, 6) is 1.62. The molecule has 0 saturated carbocycles. The maximum absolute atomic E-state index is 12.4. The lowest BCUT2D eigenvalue weighted by molar-refractivity contribution is -0.113. The van der Waals surface area contributed by atoms with E-state index in [0.717, 1.165) is 42.3 Å². The molecule has 0 radical (unpaired) electrons.